The van der Waals surface area contributed by atoms with Gasteiger partial charge >= 0.3 is 0 Å². The standard InChI is InChI=1S/C28H21N7O/c1-17-8-6-9-19(14-17)25-31-26-24-23(20-10-7-13-29-15-20)22-18(2)32-35(21-11-4-3-5-12-21)28(22)36-27(24)30-16-34(26)33-25/h3-16,23H,1-2H3/t23-/m1/s1. The number of pyridine rings is 1. The Kier molecular flexibility index (Phi) is 4.47. The highest BCUT2D eigenvalue weighted by Gasteiger charge is 2.38. The molecule has 0 saturated heterocycles. The van der Waals surface area contributed by atoms with Gasteiger partial charge in [0.2, 0.25) is 11.8 Å². The Hall–Kier alpha value is -4.85. The van der Waals surface area contributed by atoms with Gasteiger partial charge in [0.25, 0.3) is 0 Å². The first-order valence-electron chi connectivity index (χ1n) is 11.7. The van der Waals surface area contributed by atoms with Gasteiger partial charge < -0.3 is 4.74 Å². The van der Waals surface area contributed by atoms with E-state index in [9.17, 15) is 0 Å². The first-order valence-corrected chi connectivity index (χ1v) is 11.7. The fraction of sp³-hybridized carbons (Fsp3) is 0.107. The Morgan fingerprint density at radius 1 is 0.889 bits per heavy atom. The summed E-state index contributed by atoms with van der Waals surface area (Å²) < 4.78 is 10.0. The molecule has 0 radical (unpaired) electrons. The maximum Gasteiger partial charge on any atom is 0.230 e. The lowest BCUT2D eigenvalue weighted by Gasteiger charge is -2.26. The van der Waals surface area contributed by atoms with Crippen molar-refractivity contribution in [3.63, 3.8) is 0 Å². The predicted octanol–water partition coefficient (Wildman–Crippen LogP) is 5.27. The van der Waals surface area contributed by atoms with E-state index in [2.05, 4.69) is 35.1 Å². The van der Waals surface area contributed by atoms with Crippen LogP contribution >= 0.6 is 0 Å². The van der Waals surface area contributed by atoms with Gasteiger partial charge in [-0.2, -0.15) is 5.10 Å². The van der Waals surface area contributed by atoms with E-state index in [1.54, 1.807) is 17.0 Å². The van der Waals surface area contributed by atoms with Gasteiger partial charge in [0, 0.05) is 18.0 Å². The van der Waals surface area contributed by atoms with Crippen LogP contribution in [0.1, 0.15) is 33.9 Å². The van der Waals surface area contributed by atoms with E-state index in [4.69, 9.17) is 19.9 Å². The van der Waals surface area contributed by atoms with Crippen LogP contribution in [0.5, 0.6) is 11.8 Å². The van der Waals surface area contributed by atoms with Crippen LogP contribution in [0.25, 0.3) is 22.7 Å². The van der Waals surface area contributed by atoms with Crippen molar-refractivity contribution in [2.75, 3.05) is 0 Å². The van der Waals surface area contributed by atoms with E-state index in [1.165, 1.54) is 0 Å². The molecule has 8 nitrogen and oxygen atoms in total. The molecule has 0 amide bonds. The Morgan fingerprint density at radius 2 is 1.78 bits per heavy atom. The molecule has 8 heteroatoms. The third-order valence-electron chi connectivity index (χ3n) is 6.51. The quantitative estimate of drug-likeness (QED) is 0.349. The molecule has 0 N–H and O–H groups in total. The third kappa shape index (κ3) is 3.11. The number of aryl methyl sites for hydroxylation is 2. The van der Waals surface area contributed by atoms with Crippen LogP contribution in [-0.4, -0.2) is 34.3 Å². The van der Waals surface area contributed by atoms with Crippen LogP contribution in [0, 0.1) is 13.8 Å². The van der Waals surface area contributed by atoms with E-state index >= 15 is 0 Å². The zero-order valence-corrected chi connectivity index (χ0v) is 19.7. The van der Waals surface area contributed by atoms with E-state index in [0.717, 1.165) is 39.2 Å². The van der Waals surface area contributed by atoms with Gasteiger partial charge in [-0.15, -0.1) is 5.10 Å². The van der Waals surface area contributed by atoms with Crippen LogP contribution < -0.4 is 4.74 Å². The van der Waals surface area contributed by atoms with Crippen molar-refractivity contribution in [1.82, 2.24) is 34.3 Å². The van der Waals surface area contributed by atoms with Crippen molar-refractivity contribution in [2.45, 2.75) is 19.8 Å². The summed E-state index contributed by atoms with van der Waals surface area (Å²) in [6.45, 7) is 4.06. The maximum absolute atomic E-state index is 6.47. The Balaban J connectivity index is 1.49. The summed E-state index contributed by atoms with van der Waals surface area (Å²) in [4.78, 5) is 14.0. The largest absolute Gasteiger partial charge is 0.420 e. The summed E-state index contributed by atoms with van der Waals surface area (Å²) in [7, 11) is 0. The first kappa shape index (κ1) is 20.5. The number of para-hydroxylation sites is 1. The van der Waals surface area contributed by atoms with E-state index in [-0.39, 0.29) is 5.92 Å². The Morgan fingerprint density at radius 3 is 2.58 bits per heavy atom. The molecule has 0 saturated carbocycles. The highest BCUT2D eigenvalue weighted by Crippen LogP contribution is 2.49. The molecule has 0 bridgehead atoms. The lowest BCUT2D eigenvalue weighted by Crippen LogP contribution is -2.16. The summed E-state index contributed by atoms with van der Waals surface area (Å²) in [5.74, 6) is 1.56. The second-order valence-corrected chi connectivity index (χ2v) is 8.91. The summed E-state index contributed by atoms with van der Waals surface area (Å²) in [6, 6.07) is 22.1. The monoisotopic (exact) mass is 471 g/mol. The summed E-state index contributed by atoms with van der Waals surface area (Å²) >= 11 is 0. The zero-order valence-electron chi connectivity index (χ0n) is 19.7. The van der Waals surface area contributed by atoms with Crippen LogP contribution in [0.15, 0.2) is 85.5 Å². The summed E-state index contributed by atoms with van der Waals surface area (Å²) in [6.07, 6.45) is 5.31. The number of ether oxygens (including phenoxy) is 1. The fourth-order valence-corrected chi connectivity index (χ4v) is 4.91. The highest BCUT2D eigenvalue weighted by atomic mass is 16.5. The van der Waals surface area contributed by atoms with Gasteiger partial charge in [-0.05, 0) is 43.7 Å². The van der Waals surface area contributed by atoms with Crippen LogP contribution in [0.3, 0.4) is 0 Å². The van der Waals surface area contributed by atoms with Gasteiger partial charge in [-0.3, -0.25) is 4.98 Å². The second kappa shape index (κ2) is 7.84. The van der Waals surface area contributed by atoms with Gasteiger partial charge in [-0.25, -0.2) is 19.2 Å². The molecule has 4 aromatic heterocycles. The molecular weight excluding hydrogens is 450 g/mol. The molecule has 6 aromatic rings. The molecule has 0 spiro atoms. The zero-order chi connectivity index (χ0) is 24.2. The normalized spacial score (nSPS) is 14.3. The van der Waals surface area contributed by atoms with Crippen molar-refractivity contribution in [2.24, 2.45) is 0 Å². The highest BCUT2D eigenvalue weighted by molar-refractivity contribution is 5.68. The number of hydrogen-bond donors (Lipinski definition) is 0. The van der Waals surface area contributed by atoms with Gasteiger partial charge in [0.05, 0.1) is 28.4 Å². The summed E-state index contributed by atoms with van der Waals surface area (Å²) in [5.41, 5.74) is 7.41. The predicted molar refractivity (Wildman–Crippen MR) is 135 cm³/mol. The Bertz CT molecular complexity index is 1740. The van der Waals surface area contributed by atoms with Crippen molar-refractivity contribution in [3.8, 4) is 28.8 Å². The number of fused-ring (bicyclic) bond motifs is 4. The SMILES string of the molecule is Cc1cccc(-c2nc3c4c(ncn3n2)Oc2c(c(C)nn2-c2ccccc2)[C@H]4c2cccnc2)c1. The average molecular weight is 472 g/mol. The lowest BCUT2D eigenvalue weighted by atomic mass is 9.85. The molecule has 1 aliphatic heterocycles. The molecule has 2 aromatic carbocycles. The van der Waals surface area contributed by atoms with Gasteiger partial charge in [-0.1, -0.05) is 48.0 Å². The Labute approximate surface area is 206 Å². The number of benzene rings is 2. The van der Waals surface area contributed by atoms with Gasteiger partial charge in [0.1, 0.15) is 6.33 Å². The van der Waals surface area contributed by atoms with Crippen molar-refractivity contribution < 1.29 is 4.74 Å². The topological polar surface area (TPSA) is 83.0 Å². The molecule has 36 heavy (non-hydrogen) atoms. The number of hydrogen-bond acceptors (Lipinski definition) is 6. The van der Waals surface area contributed by atoms with E-state index < -0.39 is 0 Å². The smallest absolute Gasteiger partial charge is 0.230 e. The second-order valence-electron chi connectivity index (χ2n) is 8.91. The van der Waals surface area contributed by atoms with Crippen molar-refractivity contribution in [1.29, 1.82) is 0 Å². The van der Waals surface area contributed by atoms with Crippen molar-refractivity contribution >= 4 is 5.65 Å². The first-order chi connectivity index (χ1) is 17.7. The molecule has 0 fully saturated rings. The van der Waals surface area contributed by atoms with Crippen LogP contribution in [0.4, 0.5) is 0 Å². The van der Waals surface area contributed by atoms with E-state index in [0.29, 0.717) is 23.2 Å². The molecular formula is C28H21N7O. The minimum Gasteiger partial charge on any atom is -0.420 e. The maximum atomic E-state index is 6.47. The van der Waals surface area contributed by atoms with Gasteiger partial charge in [0.15, 0.2) is 11.5 Å². The minimum absolute atomic E-state index is 0.222. The van der Waals surface area contributed by atoms with Crippen LogP contribution in [-0.2, 0) is 0 Å². The van der Waals surface area contributed by atoms with Crippen molar-refractivity contribution in [3.05, 3.63) is 113 Å². The number of aromatic nitrogens is 7. The molecule has 1 atom stereocenters. The number of rotatable bonds is 3. The third-order valence-corrected chi connectivity index (χ3v) is 6.51. The van der Waals surface area contributed by atoms with Crippen LogP contribution in [0.2, 0.25) is 0 Å². The lowest BCUT2D eigenvalue weighted by molar-refractivity contribution is 0.402. The molecule has 0 unspecified atom stereocenters. The fourth-order valence-electron chi connectivity index (χ4n) is 4.91. The van der Waals surface area contributed by atoms with E-state index in [1.807, 2.05) is 66.3 Å². The summed E-state index contributed by atoms with van der Waals surface area (Å²) in [5, 5.41) is 9.61. The molecule has 0 aliphatic carbocycles. The molecule has 5 heterocycles. The molecule has 7 rings (SSSR count). The number of nitrogens with zero attached hydrogens (tertiary/aromatic N) is 7. The molecule has 174 valence electrons. The minimum atomic E-state index is -0.222. The average Bonchev–Trinajstić information content (AvgIpc) is 3.50. The molecule has 1 aliphatic rings.